The average Bonchev–Trinajstić information content (AvgIpc) is 3.88. The van der Waals surface area contributed by atoms with Crippen LogP contribution in [0.1, 0.15) is 47.2 Å². The van der Waals surface area contributed by atoms with Crippen molar-refractivity contribution in [3.05, 3.63) is 191 Å². The number of hydrogen-bond donors (Lipinski definition) is 0. The van der Waals surface area contributed by atoms with E-state index < -0.39 is 0 Å². The molecule has 0 atom stereocenters. The molecule has 8 heteroatoms. The first-order valence-corrected chi connectivity index (χ1v) is 20.5. The van der Waals surface area contributed by atoms with Crippen LogP contribution in [0, 0.1) is 68.0 Å². The van der Waals surface area contributed by atoms with Crippen molar-refractivity contribution >= 4 is 43.6 Å². The van der Waals surface area contributed by atoms with Crippen molar-refractivity contribution in [3.8, 4) is 81.2 Å². The molecule has 0 bridgehead atoms. The van der Waals surface area contributed by atoms with Gasteiger partial charge >= 0.3 is 0 Å². The lowest BCUT2D eigenvalue weighted by Gasteiger charge is -2.19. The minimum absolute atomic E-state index is 0.400. The molecule has 8 aromatic carbocycles. The fourth-order valence-electron chi connectivity index (χ4n) is 8.69. The summed E-state index contributed by atoms with van der Waals surface area (Å²) >= 11 is 0. The standard InChI is InChI=1S/C54H26N8.C2H6/c55-27-33-6-5-7-40(18-33)46-26-53(61-49-10-3-1-8-44(49)47-23-38(12-14-51(47)61)41-19-34(28-56)16-35(20-41)29-57)43(32-60)25-54(46)62-50-11-4-2-9-45(50)48-24-39(13-15-52(48)62)42-21-36(30-58)17-37(22-42)31-59;1-2/h1-26H;1-2H3. The molecule has 0 saturated carbocycles. The average molecular weight is 817 g/mol. The summed E-state index contributed by atoms with van der Waals surface area (Å²) in [4.78, 5) is 0. The van der Waals surface area contributed by atoms with Crippen LogP contribution in [0.25, 0.3) is 88.4 Å². The molecule has 0 unspecified atom stereocenters. The van der Waals surface area contributed by atoms with Crippen molar-refractivity contribution in [2.75, 3.05) is 0 Å². The summed E-state index contributed by atoms with van der Waals surface area (Å²) in [5.41, 5.74) is 12.2. The van der Waals surface area contributed by atoms with E-state index in [0.29, 0.717) is 39.1 Å². The van der Waals surface area contributed by atoms with Gasteiger partial charge in [0.25, 0.3) is 0 Å². The lowest BCUT2D eigenvalue weighted by Crippen LogP contribution is -2.04. The molecule has 64 heavy (non-hydrogen) atoms. The Morgan fingerprint density at radius 3 is 1.22 bits per heavy atom. The van der Waals surface area contributed by atoms with Crippen molar-refractivity contribution in [1.29, 1.82) is 31.6 Å². The molecular formula is C56H32N8. The zero-order valence-corrected chi connectivity index (χ0v) is 34.6. The third-order valence-electron chi connectivity index (χ3n) is 11.4. The van der Waals surface area contributed by atoms with Crippen molar-refractivity contribution in [1.82, 2.24) is 9.13 Å². The second kappa shape index (κ2) is 16.4. The van der Waals surface area contributed by atoms with Gasteiger partial charge < -0.3 is 9.13 Å². The molecule has 0 N–H and O–H groups in total. The molecule has 10 rings (SSSR count). The smallest absolute Gasteiger partial charge is 0.101 e. The summed E-state index contributed by atoms with van der Waals surface area (Å²) in [6.07, 6.45) is 0. The summed E-state index contributed by atoms with van der Waals surface area (Å²) in [5.74, 6) is 0. The molecule has 10 aromatic rings. The SMILES string of the molecule is CC.N#Cc1cc(C#N)cc(-c2ccc3c(c2)c2ccccc2n3-c2cc(-c3cccc(C#N)c3)c(-n3c4ccccc4c4cc(-c5cc(C#N)cc(C#N)c5)ccc43)cc2C#N)c1. The summed E-state index contributed by atoms with van der Waals surface area (Å²) in [5, 5.41) is 63.8. The Labute approximate surface area is 369 Å². The van der Waals surface area contributed by atoms with Crippen LogP contribution in [-0.2, 0) is 0 Å². The van der Waals surface area contributed by atoms with Crippen LogP contribution in [0.3, 0.4) is 0 Å². The third-order valence-corrected chi connectivity index (χ3v) is 11.4. The van der Waals surface area contributed by atoms with Gasteiger partial charge in [0.1, 0.15) is 6.07 Å². The molecule has 0 fully saturated rings. The predicted octanol–water partition coefficient (Wildman–Crippen LogP) is 13.1. The highest BCUT2D eigenvalue weighted by atomic mass is 15.0. The highest BCUT2D eigenvalue weighted by Crippen LogP contribution is 2.42. The zero-order chi connectivity index (χ0) is 44.5. The summed E-state index contributed by atoms with van der Waals surface area (Å²) < 4.78 is 4.26. The molecule has 0 aliphatic carbocycles. The van der Waals surface area contributed by atoms with Crippen molar-refractivity contribution in [3.63, 3.8) is 0 Å². The minimum atomic E-state index is 0.400. The lowest BCUT2D eigenvalue weighted by atomic mass is 9.97. The fraction of sp³-hybridized carbons (Fsp3) is 0.0357. The number of nitriles is 6. The van der Waals surface area contributed by atoms with Gasteiger partial charge in [-0.3, -0.25) is 0 Å². The van der Waals surface area contributed by atoms with Crippen molar-refractivity contribution in [2.45, 2.75) is 13.8 Å². The normalized spacial score (nSPS) is 10.6. The molecule has 8 nitrogen and oxygen atoms in total. The van der Waals surface area contributed by atoms with E-state index in [1.54, 1.807) is 42.5 Å². The van der Waals surface area contributed by atoms with Crippen LogP contribution < -0.4 is 0 Å². The maximum absolute atomic E-state index is 11.1. The molecule has 0 amide bonds. The number of hydrogen-bond acceptors (Lipinski definition) is 6. The Morgan fingerprint density at radius 2 is 0.750 bits per heavy atom. The summed E-state index contributed by atoms with van der Waals surface area (Å²) in [6.45, 7) is 4.00. The number of rotatable bonds is 5. The Morgan fingerprint density at radius 1 is 0.312 bits per heavy atom. The van der Waals surface area contributed by atoms with E-state index in [1.165, 1.54) is 0 Å². The molecular weight excluding hydrogens is 785 g/mol. The molecule has 2 heterocycles. The van der Waals surface area contributed by atoms with Gasteiger partial charge in [-0.1, -0.05) is 74.5 Å². The zero-order valence-electron chi connectivity index (χ0n) is 34.6. The molecule has 0 aliphatic rings. The first-order chi connectivity index (χ1) is 31.4. The van der Waals surface area contributed by atoms with Crippen molar-refractivity contribution < 1.29 is 0 Å². The van der Waals surface area contributed by atoms with Gasteiger partial charge in [-0.15, -0.1) is 0 Å². The van der Waals surface area contributed by atoms with Gasteiger partial charge in [0.05, 0.1) is 97.2 Å². The maximum Gasteiger partial charge on any atom is 0.101 e. The quantitative estimate of drug-likeness (QED) is 0.168. The van der Waals surface area contributed by atoms with Gasteiger partial charge in [0, 0.05) is 27.1 Å². The second-order valence-corrected chi connectivity index (χ2v) is 14.9. The molecule has 0 radical (unpaired) electrons. The van der Waals surface area contributed by atoms with Crippen LogP contribution >= 0.6 is 0 Å². The van der Waals surface area contributed by atoms with E-state index >= 15 is 0 Å². The van der Waals surface area contributed by atoms with Gasteiger partial charge in [-0.25, -0.2) is 0 Å². The Kier molecular flexibility index (Phi) is 10.2. The number of fused-ring (bicyclic) bond motifs is 6. The van der Waals surface area contributed by atoms with Gasteiger partial charge in [-0.2, -0.15) is 31.6 Å². The number of nitrogens with zero attached hydrogens (tertiary/aromatic N) is 8. The monoisotopic (exact) mass is 816 g/mol. The Bertz CT molecular complexity index is 3770. The number of para-hydroxylation sites is 2. The van der Waals surface area contributed by atoms with E-state index in [-0.39, 0.29) is 0 Å². The predicted molar refractivity (Wildman–Crippen MR) is 251 cm³/mol. The van der Waals surface area contributed by atoms with E-state index in [4.69, 9.17) is 0 Å². The Balaban J connectivity index is 0.00000256. The number of aromatic nitrogens is 2. The molecule has 0 spiro atoms. The first-order valence-electron chi connectivity index (χ1n) is 20.5. The summed E-state index contributed by atoms with van der Waals surface area (Å²) in [6, 6.07) is 63.4. The molecule has 2 aromatic heterocycles. The van der Waals surface area contributed by atoms with E-state index in [0.717, 1.165) is 82.7 Å². The maximum atomic E-state index is 11.1. The van der Waals surface area contributed by atoms with E-state index in [1.807, 2.05) is 111 Å². The van der Waals surface area contributed by atoms with Crippen LogP contribution in [0.5, 0.6) is 0 Å². The van der Waals surface area contributed by atoms with Crippen LogP contribution in [0.15, 0.2) is 158 Å². The largest absolute Gasteiger partial charge is 0.309 e. The highest BCUT2D eigenvalue weighted by molar-refractivity contribution is 6.12. The first kappa shape index (κ1) is 39.7. The van der Waals surface area contributed by atoms with Gasteiger partial charge in [0.15, 0.2) is 0 Å². The van der Waals surface area contributed by atoms with E-state index in [2.05, 4.69) is 63.7 Å². The van der Waals surface area contributed by atoms with E-state index in [9.17, 15) is 31.6 Å². The fourth-order valence-corrected chi connectivity index (χ4v) is 8.69. The van der Waals surface area contributed by atoms with Crippen LogP contribution in [-0.4, -0.2) is 9.13 Å². The molecule has 0 saturated heterocycles. The van der Waals surface area contributed by atoms with Crippen LogP contribution in [0.4, 0.5) is 0 Å². The van der Waals surface area contributed by atoms with Crippen LogP contribution in [0.2, 0.25) is 0 Å². The van der Waals surface area contributed by atoms with Crippen molar-refractivity contribution in [2.24, 2.45) is 0 Å². The third kappa shape index (κ3) is 6.61. The Hall–Kier alpha value is -9.70. The molecule has 0 aliphatic heterocycles. The second-order valence-electron chi connectivity index (χ2n) is 14.9. The molecule has 296 valence electrons. The number of benzene rings is 8. The summed E-state index contributed by atoms with van der Waals surface area (Å²) in [7, 11) is 0. The highest BCUT2D eigenvalue weighted by Gasteiger charge is 2.23. The topological polar surface area (TPSA) is 153 Å². The lowest BCUT2D eigenvalue weighted by molar-refractivity contribution is 1.14. The van der Waals surface area contributed by atoms with Gasteiger partial charge in [-0.05, 0) is 125 Å². The minimum Gasteiger partial charge on any atom is -0.309 e. The van der Waals surface area contributed by atoms with Gasteiger partial charge in [0.2, 0.25) is 0 Å².